The highest BCUT2D eigenvalue weighted by Crippen LogP contribution is 2.12. The van der Waals surface area contributed by atoms with Crippen molar-refractivity contribution in [3.05, 3.63) is 52.3 Å². The van der Waals surface area contributed by atoms with Gasteiger partial charge in [-0.05, 0) is 25.0 Å². The van der Waals surface area contributed by atoms with Gasteiger partial charge in [-0.15, -0.1) is 0 Å². The summed E-state index contributed by atoms with van der Waals surface area (Å²) in [6, 6.07) is 8.35. The molecule has 2 rings (SSSR count). The lowest BCUT2D eigenvalue weighted by molar-refractivity contribution is 0.184. The minimum absolute atomic E-state index is 0.654. The number of aromatic amines is 1. The number of benzene rings is 1. The van der Waals surface area contributed by atoms with E-state index in [9.17, 15) is 0 Å². The van der Waals surface area contributed by atoms with Gasteiger partial charge in [-0.1, -0.05) is 24.3 Å². The fraction of sp³-hybridized carbons (Fsp3) is 0.400. The first-order valence-electron chi connectivity index (χ1n) is 6.49. The van der Waals surface area contributed by atoms with Crippen molar-refractivity contribution in [2.45, 2.75) is 33.5 Å². The molecule has 19 heavy (non-hydrogen) atoms. The van der Waals surface area contributed by atoms with Crippen molar-refractivity contribution in [1.29, 1.82) is 0 Å². The highest BCUT2D eigenvalue weighted by Gasteiger charge is 2.06. The van der Waals surface area contributed by atoms with Gasteiger partial charge >= 0.3 is 0 Å². The van der Waals surface area contributed by atoms with Gasteiger partial charge in [0.05, 0.1) is 12.3 Å². The van der Waals surface area contributed by atoms with Crippen LogP contribution in [0, 0.1) is 13.8 Å². The number of aromatic nitrogens is 2. The van der Waals surface area contributed by atoms with Crippen molar-refractivity contribution in [3.8, 4) is 0 Å². The fourth-order valence-corrected chi connectivity index (χ4v) is 2.18. The molecule has 102 valence electrons. The number of nitrogens with one attached hydrogen (secondary N) is 2. The molecule has 0 unspecified atom stereocenters. The number of rotatable bonds is 6. The lowest BCUT2D eigenvalue weighted by atomic mass is 10.1. The fourth-order valence-electron chi connectivity index (χ4n) is 2.18. The third kappa shape index (κ3) is 3.43. The Morgan fingerprint density at radius 1 is 1.16 bits per heavy atom. The lowest BCUT2D eigenvalue weighted by Crippen LogP contribution is -2.15. The summed E-state index contributed by atoms with van der Waals surface area (Å²) in [5, 5.41) is 10.7. The molecule has 0 amide bonds. The molecule has 1 aromatic carbocycles. The van der Waals surface area contributed by atoms with Crippen molar-refractivity contribution in [3.63, 3.8) is 0 Å². The molecular weight excluding hydrogens is 238 g/mol. The van der Waals surface area contributed by atoms with Gasteiger partial charge in [0, 0.05) is 31.5 Å². The maximum Gasteiger partial charge on any atom is 0.0716 e. The van der Waals surface area contributed by atoms with Gasteiger partial charge in [0.1, 0.15) is 0 Å². The molecule has 0 fully saturated rings. The van der Waals surface area contributed by atoms with Gasteiger partial charge in [0.25, 0.3) is 0 Å². The van der Waals surface area contributed by atoms with Crippen molar-refractivity contribution in [1.82, 2.24) is 15.5 Å². The molecule has 1 aromatic heterocycles. The summed E-state index contributed by atoms with van der Waals surface area (Å²) in [6.45, 7) is 6.40. The largest absolute Gasteiger partial charge is 0.380 e. The predicted molar refractivity (Wildman–Crippen MR) is 75.8 cm³/mol. The zero-order valence-corrected chi connectivity index (χ0v) is 11.8. The Bertz CT molecular complexity index is 514. The smallest absolute Gasteiger partial charge is 0.0716 e. The van der Waals surface area contributed by atoms with Gasteiger partial charge in [-0.2, -0.15) is 5.10 Å². The zero-order valence-electron chi connectivity index (χ0n) is 11.8. The molecule has 4 heteroatoms. The average Bonchev–Trinajstić information content (AvgIpc) is 2.72. The van der Waals surface area contributed by atoms with E-state index < -0.39 is 0 Å². The lowest BCUT2D eigenvalue weighted by Gasteiger charge is -2.10. The van der Waals surface area contributed by atoms with Gasteiger partial charge in [0.15, 0.2) is 0 Å². The molecule has 0 aliphatic rings. The van der Waals surface area contributed by atoms with Crippen LogP contribution < -0.4 is 5.32 Å². The van der Waals surface area contributed by atoms with Crippen molar-refractivity contribution < 1.29 is 4.74 Å². The Morgan fingerprint density at radius 2 is 1.89 bits per heavy atom. The minimum atomic E-state index is 0.654. The Hall–Kier alpha value is -1.65. The number of aryl methyl sites for hydroxylation is 2. The first kappa shape index (κ1) is 13.8. The molecule has 2 N–H and O–H groups in total. The molecule has 0 aliphatic heterocycles. The quantitative estimate of drug-likeness (QED) is 0.838. The number of nitrogens with zero attached hydrogens (tertiary/aromatic N) is 1. The van der Waals surface area contributed by atoms with Crippen LogP contribution in [-0.2, 0) is 24.4 Å². The molecule has 1 heterocycles. The molecule has 2 aromatic rings. The predicted octanol–water partition coefficient (Wildman–Crippen LogP) is 2.46. The first-order chi connectivity index (χ1) is 9.22. The van der Waals surface area contributed by atoms with E-state index in [1.807, 2.05) is 13.0 Å². The van der Waals surface area contributed by atoms with E-state index in [1.165, 1.54) is 16.7 Å². The van der Waals surface area contributed by atoms with E-state index in [-0.39, 0.29) is 0 Å². The summed E-state index contributed by atoms with van der Waals surface area (Å²) in [7, 11) is 1.72. The third-order valence-corrected chi connectivity index (χ3v) is 3.32. The number of H-pyrrole nitrogens is 1. The molecule has 0 saturated carbocycles. The van der Waals surface area contributed by atoms with E-state index in [0.29, 0.717) is 6.61 Å². The van der Waals surface area contributed by atoms with Crippen LogP contribution in [0.2, 0.25) is 0 Å². The van der Waals surface area contributed by atoms with E-state index in [1.54, 1.807) is 7.11 Å². The Kier molecular flexibility index (Phi) is 4.71. The number of hydrogen-bond acceptors (Lipinski definition) is 3. The maximum absolute atomic E-state index is 5.22. The molecular formula is C15H21N3O. The van der Waals surface area contributed by atoms with E-state index >= 15 is 0 Å². The van der Waals surface area contributed by atoms with Crippen LogP contribution in [0.15, 0.2) is 24.3 Å². The Labute approximate surface area is 114 Å². The molecule has 0 saturated heterocycles. The van der Waals surface area contributed by atoms with Crippen LogP contribution in [0.1, 0.15) is 28.1 Å². The van der Waals surface area contributed by atoms with Crippen LogP contribution in [0.5, 0.6) is 0 Å². The SMILES string of the molecule is COCc1ccccc1CNCc1c(C)n[nH]c1C. The van der Waals surface area contributed by atoms with Gasteiger partial charge in [0.2, 0.25) is 0 Å². The summed E-state index contributed by atoms with van der Waals surface area (Å²) in [5.41, 5.74) is 5.97. The average molecular weight is 259 g/mol. The van der Waals surface area contributed by atoms with Gasteiger partial charge in [-0.25, -0.2) is 0 Å². The van der Waals surface area contributed by atoms with E-state index in [4.69, 9.17) is 4.74 Å². The molecule has 0 spiro atoms. The van der Waals surface area contributed by atoms with Crippen LogP contribution in [0.4, 0.5) is 0 Å². The molecule has 0 bridgehead atoms. The van der Waals surface area contributed by atoms with Crippen molar-refractivity contribution >= 4 is 0 Å². The number of ether oxygens (including phenoxy) is 1. The van der Waals surface area contributed by atoms with Crippen LogP contribution in [0.3, 0.4) is 0 Å². The third-order valence-electron chi connectivity index (χ3n) is 3.32. The number of methoxy groups -OCH3 is 1. The number of hydrogen-bond donors (Lipinski definition) is 2. The summed E-state index contributed by atoms with van der Waals surface area (Å²) in [5.74, 6) is 0. The maximum atomic E-state index is 5.22. The van der Waals surface area contributed by atoms with E-state index in [0.717, 1.165) is 24.5 Å². The highest BCUT2D eigenvalue weighted by atomic mass is 16.5. The molecule has 4 nitrogen and oxygen atoms in total. The minimum Gasteiger partial charge on any atom is -0.380 e. The van der Waals surface area contributed by atoms with Crippen LogP contribution in [-0.4, -0.2) is 17.3 Å². The summed E-state index contributed by atoms with van der Waals surface area (Å²) in [6.07, 6.45) is 0. The molecule has 0 radical (unpaired) electrons. The summed E-state index contributed by atoms with van der Waals surface area (Å²) >= 11 is 0. The second-order valence-electron chi connectivity index (χ2n) is 4.72. The molecule has 0 aliphatic carbocycles. The molecule has 0 atom stereocenters. The van der Waals surface area contributed by atoms with Crippen molar-refractivity contribution in [2.24, 2.45) is 0 Å². The second kappa shape index (κ2) is 6.50. The Balaban J connectivity index is 1.96. The summed E-state index contributed by atoms with van der Waals surface area (Å²) in [4.78, 5) is 0. The Morgan fingerprint density at radius 3 is 2.53 bits per heavy atom. The summed E-state index contributed by atoms with van der Waals surface area (Å²) < 4.78 is 5.22. The first-order valence-corrected chi connectivity index (χ1v) is 6.49. The van der Waals surface area contributed by atoms with Crippen molar-refractivity contribution in [2.75, 3.05) is 7.11 Å². The van der Waals surface area contributed by atoms with E-state index in [2.05, 4.69) is 40.6 Å². The van der Waals surface area contributed by atoms with Gasteiger partial charge in [-0.3, -0.25) is 5.10 Å². The van der Waals surface area contributed by atoms with Crippen LogP contribution in [0.25, 0.3) is 0 Å². The van der Waals surface area contributed by atoms with Crippen LogP contribution >= 0.6 is 0 Å². The van der Waals surface area contributed by atoms with Gasteiger partial charge < -0.3 is 10.1 Å². The standard InChI is InChI=1S/C15H21N3O/c1-11-15(12(2)18-17-11)9-16-8-13-6-4-5-7-14(13)10-19-3/h4-7,16H,8-10H2,1-3H3,(H,17,18). The zero-order chi connectivity index (χ0) is 13.7. The highest BCUT2D eigenvalue weighted by molar-refractivity contribution is 5.27. The topological polar surface area (TPSA) is 49.9 Å². The second-order valence-corrected chi connectivity index (χ2v) is 4.72. The monoisotopic (exact) mass is 259 g/mol. The normalized spacial score (nSPS) is 10.9.